The fourth-order valence-corrected chi connectivity index (χ4v) is 1.41. The third-order valence-corrected chi connectivity index (χ3v) is 2.04. The van der Waals surface area contributed by atoms with Gasteiger partial charge < -0.3 is 10.2 Å². The third-order valence-electron chi connectivity index (χ3n) is 1.86. The minimum absolute atomic E-state index is 0.162. The number of fused-ring (bicyclic) bond motifs is 1. The van der Waals surface area contributed by atoms with E-state index in [0.717, 1.165) is 0 Å². The van der Waals surface area contributed by atoms with E-state index >= 15 is 0 Å². The Bertz CT molecular complexity index is 517. The van der Waals surface area contributed by atoms with Crippen LogP contribution >= 0.6 is 11.6 Å². The molecule has 0 aromatic carbocycles. The van der Waals surface area contributed by atoms with Crippen molar-refractivity contribution in [2.75, 3.05) is 6.54 Å². The quantitative estimate of drug-likeness (QED) is 0.793. The van der Waals surface area contributed by atoms with Gasteiger partial charge in [-0.15, -0.1) is 0 Å². The Morgan fingerprint density at radius 3 is 3.14 bits per heavy atom. The van der Waals surface area contributed by atoms with Crippen LogP contribution in [0, 0.1) is 0 Å². The molecule has 0 aliphatic carbocycles. The largest absolute Gasteiger partial charge is 0.426 e. The van der Waals surface area contributed by atoms with Crippen LogP contribution in [0.1, 0.15) is 0 Å². The van der Waals surface area contributed by atoms with Crippen LogP contribution in [0.3, 0.4) is 0 Å². The van der Waals surface area contributed by atoms with Gasteiger partial charge in [0.05, 0.1) is 0 Å². The number of aromatic nitrogens is 2. The van der Waals surface area contributed by atoms with Crippen LogP contribution in [0.4, 0.5) is 0 Å². The predicted octanol–water partition coefficient (Wildman–Crippen LogP) is 0.602. The lowest BCUT2D eigenvalue weighted by Crippen LogP contribution is -2.23. The van der Waals surface area contributed by atoms with Gasteiger partial charge in [-0.25, -0.2) is 4.98 Å². The van der Waals surface area contributed by atoms with Crippen molar-refractivity contribution in [3.05, 3.63) is 28.0 Å². The maximum Gasteiger partial charge on any atom is 0.264 e. The molecule has 2 aromatic rings. The van der Waals surface area contributed by atoms with Gasteiger partial charge in [-0.3, -0.25) is 9.36 Å². The van der Waals surface area contributed by atoms with Crippen molar-refractivity contribution in [3.8, 4) is 0 Å². The second-order valence-corrected chi connectivity index (χ2v) is 3.17. The molecule has 0 atom stereocenters. The van der Waals surface area contributed by atoms with Crippen LogP contribution in [-0.4, -0.2) is 16.1 Å². The van der Waals surface area contributed by atoms with Crippen molar-refractivity contribution < 1.29 is 4.42 Å². The molecule has 2 aromatic heterocycles. The van der Waals surface area contributed by atoms with Crippen molar-refractivity contribution in [2.24, 2.45) is 5.73 Å². The molecule has 2 rings (SSSR count). The SMILES string of the molecule is NCCn1cnc2oc(Cl)cc2c1=O. The highest BCUT2D eigenvalue weighted by atomic mass is 35.5. The summed E-state index contributed by atoms with van der Waals surface area (Å²) in [6.07, 6.45) is 1.40. The second kappa shape index (κ2) is 3.43. The molecule has 0 bridgehead atoms. The zero-order chi connectivity index (χ0) is 10.1. The molecule has 0 aliphatic heterocycles. The van der Waals surface area contributed by atoms with Crippen LogP contribution in [0.2, 0.25) is 5.22 Å². The van der Waals surface area contributed by atoms with E-state index in [-0.39, 0.29) is 16.5 Å². The van der Waals surface area contributed by atoms with Gasteiger partial charge in [0.2, 0.25) is 5.71 Å². The highest BCUT2D eigenvalue weighted by Gasteiger charge is 2.08. The second-order valence-electron chi connectivity index (χ2n) is 2.80. The van der Waals surface area contributed by atoms with E-state index < -0.39 is 0 Å². The lowest BCUT2D eigenvalue weighted by Gasteiger charge is -2.00. The van der Waals surface area contributed by atoms with Gasteiger partial charge in [0.25, 0.3) is 5.56 Å². The topological polar surface area (TPSA) is 74.1 Å². The summed E-state index contributed by atoms with van der Waals surface area (Å²) in [6.45, 7) is 0.823. The molecule has 6 heteroatoms. The monoisotopic (exact) mass is 213 g/mol. The summed E-state index contributed by atoms with van der Waals surface area (Å²) in [5, 5.41) is 0.543. The number of nitrogens with two attached hydrogens (primary N) is 1. The Balaban J connectivity index is 2.68. The molecule has 2 heterocycles. The van der Waals surface area contributed by atoms with Gasteiger partial charge in [0.1, 0.15) is 11.7 Å². The molecule has 2 N–H and O–H groups in total. The highest BCUT2D eigenvalue weighted by Crippen LogP contribution is 2.17. The van der Waals surface area contributed by atoms with Gasteiger partial charge in [0.15, 0.2) is 5.22 Å². The van der Waals surface area contributed by atoms with E-state index in [9.17, 15) is 4.79 Å². The average molecular weight is 214 g/mol. The highest BCUT2D eigenvalue weighted by molar-refractivity contribution is 6.29. The number of hydrogen-bond donors (Lipinski definition) is 1. The molecule has 0 fully saturated rings. The van der Waals surface area contributed by atoms with Gasteiger partial charge in [-0.05, 0) is 11.6 Å². The molecule has 5 nitrogen and oxygen atoms in total. The summed E-state index contributed by atoms with van der Waals surface area (Å²) in [5.74, 6) is 0. The fourth-order valence-electron chi connectivity index (χ4n) is 1.23. The number of hydrogen-bond acceptors (Lipinski definition) is 4. The normalized spacial score (nSPS) is 11.0. The number of furan rings is 1. The fraction of sp³-hybridized carbons (Fsp3) is 0.250. The maximum atomic E-state index is 11.7. The van der Waals surface area contributed by atoms with E-state index in [1.807, 2.05) is 0 Å². The van der Waals surface area contributed by atoms with E-state index in [0.29, 0.717) is 18.5 Å². The van der Waals surface area contributed by atoms with E-state index in [1.165, 1.54) is 17.0 Å². The predicted molar refractivity (Wildman–Crippen MR) is 52.3 cm³/mol. The Labute approximate surface area is 84.1 Å². The standard InChI is InChI=1S/C8H8ClN3O2/c9-6-3-5-7(14-6)11-4-12(2-1-10)8(5)13/h3-4H,1-2,10H2. The van der Waals surface area contributed by atoms with Crippen molar-refractivity contribution in [1.29, 1.82) is 0 Å². The Morgan fingerprint density at radius 2 is 2.43 bits per heavy atom. The van der Waals surface area contributed by atoms with E-state index in [4.69, 9.17) is 21.8 Å². The van der Waals surface area contributed by atoms with Crippen LogP contribution in [0.25, 0.3) is 11.1 Å². The van der Waals surface area contributed by atoms with E-state index in [1.54, 1.807) is 0 Å². The number of halogens is 1. The summed E-state index contributed by atoms with van der Waals surface area (Å²) in [6, 6.07) is 1.46. The average Bonchev–Trinajstić information content (AvgIpc) is 2.52. The molecule has 0 spiro atoms. The third kappa shape index (κ3) is 1.40. The lowest BCUT2D eigenvalue weighted by atomic mass is 10.4. The van der Waals surface area contributed by atoms with Gasteiger partial charge in [0, 0.05) is 19.2 Å². The van der Waals surface area contributed by atoms with Crippen LogP contribution in [0.15, 0.2) is 21.6 Å². The zero-order valence-corrected chi connectivity index (χ0v) is 7.99. The Morgan fingerprint density at radius 1 is 1.64 bits per heavy atom. The van der Waals surface area contributed by atoms with Crippen LogP contribution in [-0.2, 0) is 6.54 Å². The first kappa shape index (κ1) is 9.23. The first-order valence-corrected chi connectivity index (χ1v) is 4.44. The molecule has 0 radical (unpaired) electrons. The number of nitrogens with zero attached hydrogens (tertiary/aromatic N) is 2. The summed E-state index contributed by atoms with van der Waals surface area (Å²) in [7, 11) is 0. The van der Waals surface area contributed by atoms with Crippen LogP contribution < -0.4 is 11.3 Å². The van der Waals surface area contributed by atoms with Crippen molar-refractivity contribution in [2.45, 2.75) is 6.54 Å². The molecular weight excluding hydrogens is 206 g/mol. The van der Waals surface area contributed by atoms with Crippen molar-refractivity contribution in [1.82, 2.24) is 9.55 Å². The molecule has 0 saturated carbocycles. The molecule has 0 aliphatic rings. The van der Waals surface area contributed by atoms with Crippen molar-refractivity contribution >= 4 is 22.7 Å². The first-order valence-electron chi connectivity index (χ1n) is 4.07. The lowest BCUT2D eigenvalue weighted by molar-refractivity contribution is 0.596. The maximum absolute atomic E-state index is 11.7. The van der Waals surface area contributed by atoms with Gasteiger partial charge in [-0.1, -0.05) is 0 Å². The molecule has 14 heavy (non-hydrogen) atoms. The molecular formula is C8H8ClN3O2. The minimum Gasteiger partial charge on any atom is -0.426 e. The first-order chi connectivity index (χ1) is 6.72. The molecule has 0 amide bonds. The molecule has 0 saturated heterocycles. The zero-order valence-electron chi connectivity index (χ0n) is 7.24. The summed E-state index contributed by atoms with van der Waals surface area (Å²) >= 11 is 5.60. The van der Waals surface area contributed by atoms with Crippen LogP contribution in [0.5, 0.6) is 0 Å². The molecule has 74 valence electrons. The smallest absolute Gasteiger partial charge is 0.264 e. The Kier molecular flexibility index (Phi) is 2.26. The summed E-state index contributed by atoms with van der Waals surface area (Å²) in [5.41, 5.74) is 5.42. The minimum atomic E-state index is -0.184. The van der Waals surface area contributed by atoms with E-state index in [2.05, 4.69) is 4.98 Å². The number of rotatable bonds is 2. The van der Waals surface area contributed by atoms with Gasteiger partial charge in [-0.2, -0.15) is 0 Å². The molecule has 0 unspecified atom stereocenters. The summed E-state index contributed by atoms with van der Waals surface area (Å²) in [4.78, 5) is 15.6. The summed E-state index contributed by atoms with van der Waals surface area (Å²) < 4.78 is 6.42. The van der Waals surface area contributed by atoms with Gasteiger partial charge >= 0.3 is 0 Å². The van der Waals surface area contributed by atoms with Crippen molar-refractivity contribution in [3.63, 3.8) is 0 Å². The Hall–Kier alpha value is -1.33.